The largest absolute Gasteiger partial charge is 0.359 e. The molecule has 0 spiro atoms. The Bertz CT molecular complexity index is 191. The summed E-state index contributed by atoms with van der Waals surface area (Å²) in [7, 11) is 0. The first-order valence-corrected chi connectivity index (χ1v) is 4.49. The maximum Gasteiger partial charge on any atom is 0.182 e. The summed E-state index contributed by atoms with van der Waals surface area (Å²) in [6, 6.07) is 0.714. The minimum atomic E-state index is 0.714. The van der Waals surface area contributed by atoms with Crippen molar-refractivity contribution in [2.75, 3.05) is 5.32 Å². The Morgan fingerprint density at radius 2 is 2.50 bits per heavy atom. The summed E-state index contributed by atoms with van der Waals surface area (Å²) in [5.74, 6) is 0. The number of nitrogens with zero attached hydrogens (tertiary/aromatic N) is 1. The topological polar surface area (TPSA) is 24.9 Å². The number of aromatic nitrogens is 1. The first-order chi connectivity index (χ1) is 4.95. The van der Waals surface area contributed by atoms with E-state index in [4.69, 9.17) is 0 Å². The average molecular weight is 154 g/mol. The van der Waals surface area contributed by atoms with Crippen molar-refractivity contribution < 1.29 is 0 Å². The number of thiazole rings is 1. The Morgan fingerprint density at radius 1 is 1.60 bits per heavy atom. The Kier molecular flexibility index (Phi) is 1.59. The van der Waals surface area contributed by atoms with E-state index in [9.17, 15) is 0 Å². The van der Waals surface area contributed by atoms with Gasteiger partial charge in [0, 0.05) is 17.6 Å². The van der Waals surface area contributed by atoms with E-state index in [0.717, 1.165) is 5.13 Å². The van der Waals surface area contributed by atoms with Crippen molar-refractivity contribution in [3.8, 4) is 0 Å². The molecule has 1 aliphatic rings. The third-order valence-electron chi connectivity index (χ3n) is 1.87. The Balaban J connectivity index is 1.90. The van der Waals surface area contributed by atoms with Gasteiger partial charge in [0.25, 0.3) is 0 Å². The third-order valence-corrected chi connectivity index (χ3v) is 2.57. The lowest BCUT2D eigenvalue weighted by atomic mass is 9.93. The SMILES string of the molecule is c1csc(NC2CCC2)n1. The van der Waals surface area contributed by atoms with Crippen LogP contribution in [0.4, 0.5) is 5.13 Å². The predicted octanol–water partition coefficient (Wildman–Crippen LogP) is 2.11. The zero-order valence-corrected chi connectivity index (χ0v) is 6.53. The van der Waals surface area contributed by atoms with E-state index in [-0.39, 0.29) is 0 Å². The zero-order valence-electron chi connectivity index (χ0n) is 5.71. The fourth-order valence-electron chi connectivity index (χ4n) is 1.02. The van der Waals surface area contributed by atoms with E-state index in [2.05, 4.69) is 10.3 Å². The molecule has 54 valence electrons. The number of rotatable bonds is 2. The highest BCUT2D eigenvalue weighted by Crippen LogP contribution is 2.23. The second-order valence-corrected chi connectivity index (χ2v) is 3.50. The van der Waals surface area contributed by atoms with Gasteiger partial charge in [0.15, 0.2) is 5.13 Å². The lowest BCUT2D eigenvalue weighted by Crippen LogP contribution is -2.26. The molecule has 0 atom stereocenters. The van der Waals surface area contributed by atoms with Crippen molar-refractivity contribution in [1.82, 2.24) is 4.98 Å². The summed E-state index contributed by atoms with van der Waals surface area (Å²) < 4.78 is 0. The molecule has 3 heteroatoms. The first kappa shape index (κ1) is 6.16. The van der Waals surface area contributed by atoms with Crippen molar-refractivity contribution in [1.29, 1.82) is 0 Å². The van der Waals surface area contributed by atoms with Crippen LogP contribution >= 0.6 is 11.3 Å². The number of anilines is 1. The molecule has 0 aromatic carbocycles. The third kappa shape index (κ3) is 1.14. The van der Waals surface area contributed by atoms with Gasteiger partial charge in [0.1, 0.15) is 0 Å². The number of nitrogens with one attached hydrogen (secondary N) is 1. The molecule has 0 saturated heterocycles. The summed E-state index contributed by atoms with van der Waals surface area (Å²) in [5.41, 5.74) is 0. The van der Waals surface area contributed by atoms with E-state index in [0.29, 0.717) is 6.04 Å². The standard InChI is InChI=1S/C7H10N2S/c1-2-6(3-1)9-7-8-4-5-10-7/h4-6H,1-3H2,(H,8,9). The van der Waals surface area contributed by atoms with Crippen LogP contribution < -0.4 is 5.32 Å². The van der Waals surface area contributed by atoms with Crippen LogP contribution in [0.15, 0.2) is 11.6 Å². The Morgan fingerprint density at radius 3 is 3.00 bits per heavy atom. The van der Waals surface area contributed by atoms with Gasteiger partial charge in [-0.2, -0.15) is 0 Å². The van der Waals surface area contributed by atoms with Gasteiger partial charge in [0.05, 0.1) is 0 Å². The highest BCUT2D eigenvalue weighted by molar-refractivity contribution is 7.13. The summed E-state index contributed by atoms with van der Waals surface area (Å²) in [5, 5.41) is 6.44. The van der Waals surface area contributed by atoms with Crippen LogP contribution in [0.25, 0.3) is 0 Å². The number of hydrogen-bond donors (Lipinski definition) is 1. The summed E-state index contributed by atoms with van der Waals surface area (Å²) >= 11 is 1.68. The molecule has 0 amide bonds. The van der Waals surface area contributed by atoms with Crippen LogP contribution in [-0.4, -0.2) is 11.0 Å². The molecule has 1 saturated carbocycles. The van der Waals surface area contributed by atoms with Crippen LogP contribution in [0.2, 0.25) is 0 Å². The van der Waals surface area contributed by atoms with Gasteiger partial charge in [-0.05, 0) is 19.3 Å². The van der Waals surface area contributed by atoms with Gasteiger partial charge in [-0.1, -0.05) is 0 Å². The molecule has 1 aliphatic carbocycles. The van der Waals surface area contributed by atoms with Gasteiger partial charge in [0.2, 0.25) is 0 Å². The molecule has 1 aromatic heterocycles. The van der Waals surface area contributed by atoms with Gasteiger partial charge < -0.3 is 5.32 Å². The monoisotopic (exact) mass is 154 g/mol. The van der Waals surface area contributed by atoms with Crippen LogP contribution in [0.5, 0.6) is 0 Å². The summed E-state index contributed by atoms with van der Waals surface area (Å²) in [4.78, 5) is 4.15. The minimum Gasteiger partial charge on any atom is -0.359 e. The van der Waals surface area contributed by atoms with Crippen molar-refractivity contribution >= 4 is 16.5 Å². The van der Waals surface area contributed by atoms with E-state index >= 15 is 0 Å². The second kappa shape index (κ2) is 2.58. The molecule has 0 aliphatic heterocycles. The molecule has 1 N–H and O–H groups in total. The van der Waals surface area contributed by atoms with E-state index < -0.39 is 0 Å². The molecule has 2 rings (SSSR count). The quantitative estimate of drug-likeness (QED) is 0.705. The van der Waals surface area contributed by atoms with Crippen molar-refractivity contribution in [2.24, 2.45) is 0 Å². The van der Waals surface area contributed by atoms with Crippen LogP contribution in [0.1, 0.15) is 19.3 Å². The zero-order chi connectivity index (χ0) is 6.81. The lowest BCUT2D eigenvalue weighted by molar-refractivity contribution is 0.445. The molecular weight excluding hydrogens is 144 g/mol. The van der Waals surface area contributed by atoms with Crippen LogP contribution in [-0.2, 0) is 0 Å². The molecule has 1 fully saturated rings. The van der Waals surface area contributed by atoms with E-state index in [1.807, 2.05) is 11.6 Å². The van der Waals surface area contributed by atoms with Crippen molar-refractivity contribution in [3.05, 3.63) is 11.6 Å². The van der Waals surface area contributed by atoms with Crippen LogP contribution in [0, 0.1) is 0 Å². The normalized spacial score (nSPS) is 18.4. The van der Waals surface area contributed by atoms with Gasteiger partial charge in [-0.15, -0.1) is 11.3 Å². The van der Waals surface area contributed by atoms with E-state index in [1.54, 1.807) is 11.3 Å². The first-order valence-electron chi connectivity index (χ1n) is 3.61. The molecular formula is C7H10N2S. The highest BCUT2D eigenvalue weighted by Gasteiger charge is 2.17. The van der Waals surface area contributed by atoms with Crippen LogP contribution in [0.3, 0.4) is 0 Å². The number of hydrogen-bond acceptors (Lipinski definition) is 3. The van der Waals surface area contributed by atoms with E-state index in [1.165, 1.54) is 19.3 Å². The molecule has 10 heavy (non-hydrogen) atoms. The molecule has 0 bridgehead atoms. The fourth-order valence-corrected chi connectivity index (χ4v) is 1.63. The lowest BCUT2D eigenvalue weighted by Gasteiger charge is -2.25. The fraction of sp³-hybridized carbons (Fsp3) is 0.571. The second-order valence-electron chi connectivity index (χ2n) is 2.61. The Hall–Kier alpha value is -0.570. The van der Waals surface area contributed by atoms with Gasteiger partial charge in [-0.25, -0.2) is 4.98 Å². The minimum absolute atomic E-state index is 0.714. The average Bonchev–Trinajstić information content (AvgIpc) is 2.29. The van der Waals surface area contributed by atoms with Crippen molar-refractivity contribution in [2.45, 2.75) is 25.3 Å². The maximum atomic E-state index is 4.15. The Labute approximate surface area is 64.3 Å². The highest BCUT2D eigenvalue weighted by atomic mass is 32.1. The predicted molar refractivity (Wildman–Crippen MR) is 43.4 cm³/mol. The smallest absolute Gasteiger partial charge is 0.182 e. The van der Waals surface area contributed by atoms with Gasteiger partial charge >= 0.3 is 0 Å². The summed E-state index contributed by atoms with van der Waals surface area (Å²) in [6.07, 6.45) is 5.86. The molecule has 2 nitrogen and oxygen atoms in total. The molecule has 1 heterocycles. The van der Waals surface area contributed by atoms with Crippen molar-refractivity contribution in [3.63, 3.8) is 0 Å². The molecule has 1 aromatic rings. The summed E-state index contributed by atoms with van der Waals surface area (Å²) in [6.45, 7) is 0. The molecule has 0 radical (unpaired) electrons. The molecule has 0 unspecified atom stereocenters. The van der Waals surface area contributed by atoms with Gasteiger partial charge in [-0.3, -0.25) is 0 Å². The maximum absolute atomic E-state index is 4.15.